The van der Waals surface area contributed by atoms with E-state index in [9.17, 15) is 13.6 Å². The summed E-state index contributed by atoms with van der Waals surface area (Å²) in [4.78, 5) is 13.1. The highest BCUT2D eigenvalue weighted by Gasteiger charge is 2.25. The molecule has 23 heavy (non-hydrogen) atoms. The monoisotopic (exact) mass is 326 g/mol. The maximum Gasteiger partial charge on any atom is 0.216 e. The van der Waals surface area contributed by atoms with Gasteiger partial charge in [0.2, 0.25) is 5.91 Å². The molecule has 0 aliphatic carbocycles. The van der Waals surface area contributed by atoms with Crippen LogP contribution in [0.2, 0.25) is 0 Å². The Morgan fingerprint density at radius 2 is 2.17 bits per heavy atom. The predicted molar refractivity (Wildman–Crippen MR) is 84.3 cm³/mol. The summed E-state index contributed by atoms with van der Waals surface area (Å²) in [7, 11) is 1.46. The first-order valence-electron chi connectivity index (χ1n) is 8.02. The zero-order valence-corrected chi connectivity index (χ0v) is 13.7. The lowest BCUT2D eigenvalue weighted by Crippen LogP contribution is -2.41. The number of piperidine rings is 1. The van der Waals surface area contributed by atoms with Gasteiger partial charge in [-0.3, -0.25) is 9.69 Å². The Morgan fingerprint density at radius 3 is 2.87 bits per heavy atom. The number of benzene rings is 1. The van der Waals surface area contributed by atoms with E-state index in [1.165, 1.54) is 20.1 Å². The Balaban J connectivity index is 2.09. The largest absolute Gasteiger partial charge is 0.496 e. The van der Waals surface area contributed by atoms with E-state index in [0.717, 1.165) is 38.3 Å². The second kappa shape index (κ2) is 8.24. The zero-order chi connectivity index (χ0) is 16.8. The van der Waals surface area contributed by atoms with Crippen LogP contribution < -0.4 is 10.1 Å². The van der Waals surface area contributed by atoms with Crippen molar-refractivity contribution in [3.8, 4) is 5.75 Å². The maximum absolute atomic E-state index is 14.2. The standard InChI is InChI=1S/C17H24F2N2O2/c1-12(22)20-9-8-13-5-3-4-10-21(13)11-14-16(23-2)7-6-15(18)17(14)19/h6-7,13H,3-5,8-11H2,1-2H3,(H,20,22)/t13-/m1/s1. The SMILES string of the molecule is COc1ccc(F)c(F)c1CN1CCCC[C@@H]1CCNC(C)=O. The molecular weight excluding hydrogens is 302 g/mol. The molecule has 0 radical (unpaired) electrons. The summed E-state index contributed by atoms with van der Waals surface area (Å²) in [5.74, 6) is -1.37. The number of ether oxygens (including phenoxy) is 1. The molecule has 1 atom stereocenters. The third-order valence-electron chi connectivity index (χ3n) is 4.33. The van der Waals surface area contributed by atoms with Crippen molar-refractivity contribution < 1.29 is 18.3 Å². The van der Waals surface area contributed by atoms with Gasteiger partial charge in [-0.1, -0.05) is 6.42 Å². The van der Waals surface area contributed by atoms with Crippen molar-refractivity contribution in [1.82, 2.24) is 10.2 Å². The second-order valence-electron chi connectivity index (χ2n) is 5.93. The van der Waals surface area contributed by atoms with Crippen molar-refractivity contribution >= 4 is 5.91 Å². The van der Waals surface area contributed by atoms with Crippen molar-refractivity contribution in [2.75, 3.05) is 20.2 Å². The fourth-order valence-corrected chi connectivity index (χ4v) is 3.13. The summed E-state index contributed by atoms with van der Waals surface area (Å²) >= 11 is 0. The van der Waals surface area contributed by atoms with Crippen molar-refractivity contribution in [3.63, 3.8) is 0 Å². The molecular formula is C17H24F2N2O2. The van der Waals surface area contributed by atoms with Crippen LogP contribution in [0.5, 0.6) is 5.75 Å². The summed E-state index contributed by atoms with van der Waals surface area (Å²) in [6.07, 6.45) is 3.96. The molecule has 0 spiro atoms. The lowest BCUT2D eigenvalue weighted by atomic mass is 9.98. The molecule has 1 aliphatic heterocycles. The van der Waals surface area contributed by atoms with E-state index in [1.807, 2.05) is 0 Å². The number of amides is 1. The van der Waals surface area contributed by atoms with E-state index in [2.05, 4.69) is 10.2 Å². The lowest BCUT2D eigenvalue weighted by molar-refractivity contribution is -0.119. The van der Waals surface area contributed by atoms with Gasteiger partial charge in [-0.2, -0.15) is 0 Å². The van der Waals surface area contributed by atoms with Crippen LogP contribution in [0.3, 0.4) is 0 Å². The van der Waals surface area contributed by atoms with Gasteiger partial charge in [0.25, 0.3) is 0 Å². The van der Waals surface area contributed by atoms with Crippen molar-refractivity contribution in [1.29, 1.82) is 0 Å². The number of hydrogen-bond acceptors (Lipinski definition) is 3. The Hall–Kier alpha value is -1.69. The number of halogens is 2. The molecule has 0 unspecified atom stereocenters. The van der Waals surface area contributed by atoms with E-state index in [-0.39, 0.29) is 17.5 Å². The molecule has 1 aromatic rings. The highest BCUT2D eigenvalue weighted by molar-refractivity contribution is 5.72. The van der Waals surface area contributed by atoms with Crippen LogP contribution in [-0.4, -0.2) is 37.0 Å². The fourth-order valence-electron chi connectivity index (χ4n) is 3.13. The van der Waals surface area contributed by atoms with Crippen molar-refractivity contribution in [2.24, 2.45) is 0 Å². The molecule has 0 saturated carbocycles. The van der Waals surface area contributed by atoms with E-state index < -0.39 is 11.6 Å². The molecule has 0 aromatic heterocycles. The highest BCUT2D eigenvalue weighted by Crippen LogP contribution is 2.28. The molecule has 4 nitrogen and oxygen atoms in total. The number of carbonyl (C=O) groups is 1. The Morgan fingerprint density at radius 1 is 1.39 bits per heavy atom. The predicted octanol–water partition coefficient (Wildman–Crippen LogP) is 2.85. The fraction of sp³-hybridized carbons (Fsp3) is 0.588. The Kier molecular flexibility index (Phi) is 6.33. The molecule has 1 fully saturated rings. The molecule has 1 aliphatic rings. The molecule has 0 bridgehead atoms. The van der Waals surface area contributed by atoms with Crippen LogP contribution in [0.25, 0.3) is 0 Å². The molecule has 128 valence electrons. The topological polar surface area (TPSA) is 41.6 Å². The summed E-state index contributed by atoms with van der Waals surface area (Å²) in [6.45, 7) is 3.24. The normalized spacial score (nSPS) is 18.7. The Labute approximate surface area is 135 Å². The molecule has 1 saturated heterocycles. The molecule has 1 amide bonds. The maximum atomic E-state index is 14.2. The first-order chi connectivity index (χ1) is 11.0. The number of methoxy groups -OCH3 is 1. The van der Waals surface area contributed by atoms with E-state index in [1.54, 1.807) is 0 Å². The minimum atomic E-state index is -0.854. The van der Waals surface area contributed by atoms with Gasteiger partial charge in [0.1, 0.15) is 5.75 Å². The summed E-state index contributed by atoms with van der Waals surface area (Å²) < 4.78 is 32.9. The number of rotatable bonds is 6. The van der Waals surface area contributed by atoms with Crippen LogP contribution in [0.15, 0.2) is 12.1 Å². The van der Waals surface area contributed by atoms with Crippen molar-refractivity contribution in [3.05, 3.63) is 29.3 Å². The third kappa shape index (κ3) is 4.64. The van der Waals surface area contributed by atoms with Crippen LogP contribution >= 0.6 is 0 Å². The van der Waals surface area contributed by atoms with Crippen molar-refractivity contribution in [2.45, 2.75) is 45.2 Å². The quantitative estimate of drug-likeness (QED) is 0.874. The molecule has 1 aromatic carbocycles. The first-order valence-corrected chi connectivity index (χ1v) is 8.02. The average Bonchev–Trinajstić information content (AvgIpc) is 2.53. The van der Waals surface area contributed by atoms with Gasteiger partial charge in [0.15, 0.2) is 11.6 Å². The summed E-state index contributed by atoms with van der Waals surface area (Å²) in [5.41, 5.74) is 0.263. The van der Waals surface area contributed by atoms with Gasteiger partial charge in [0, 0.05) is 31.6 Å². The average molecular weight is 326 g/mol. The van der Waals surface area contributed by atoms with Crippen LogP contribution in [0.4, 0.5) is 8.78 Å². The summed E-state index contributed by atoms with van der Waals surface area (Å²) in [6, 6.07) is 2.80. The van der Waals surface area contributed by atoms with E-state index in [4.69, 9.17) is 4.74 Å². The molecule has 1 heterocycles. The molecule has 6 heteroatoms. The highest BCUT2D eigenvalue weighted by atomic mass is 19.2. The van der Waals surface area contributed by atoms with E-state index in [0.29, 0.717) is 18.8 Å². The third-order valence-corrected chi connectivity index (χ3v) is 4.33. The number of likely N-dealkylation sites (tertiary alicyclic amines) is 1. The first kappa shape index (κ1) is 17.7. The van der Waals surface area contributed by atoms with Gasteiger partial charge in [-0.05, 0) is 37.9 Å². The van der Waals surface area contributed by atoms with Gasteiger partial charge in [-0.15, -0.1) is 0 Å². The van der Waals surface area contributed by atoms with Gasteiger partial charge < -0.3 is 10.1 Å². The lowest BCUT2D eigenvalue weighted by Gasteiger charge is -2.36. The van der Waals surface area contributed by atoms with Crippen LogP contribution in [0, 0.1) is 11.6 Å². The number of nitrogens with one attached hydrogen (secondary N) is 1. The van der Waals surface area contributed by atoms with Gasteiger partial charge in [0.05, 0.1) is 7.11 Å². The second-order valence-corrected chi connectivity index (χ2v) is 5.93. The van der Waals surface area contributed by atoms with Crippen LogP contribution in [-0.2, 0) is 11.3 Å². The molecule has 2 rings (SSSR count). The minimum Gasteiger partial charge on any atom is -0.496 e. The number of carbonyl (C=O) groups excluding carboxylic acids is 1. The Bertz CT molecular complexity index is 552. The number of nitrogens with zero attached hydrogens (tertiary/aromatic N) is 1. The van der Waals surface area contributed by atoms with E-state index >= 15 is 0 Å². The number of hydrogen-bond donors (Lipinski definition) is 1. The summed E-state index contributed by atoms with van der Waals surface area (Å²) in [5, 5.41) is 2.80. The minimum absolute atomic E-state index is 0.0507. The smallest absolute Gasteiger partial charge is 0.216 e. The van der Waals surface area contributed by atoms with Gasteiger partial charge in [-0.25, -0.2) is 8.78 Å². The van der Waals surface area contributed by atoms with Gasteiger partial charge >= 0.3 is 0 Å². The molecule has 1 N–H and O–H groups in total. The zero-order valence-electron chi connectivity index (χ0n) is 13.7. The van der Waals surface area contributed by atoms with Crippen LogP contribution in [0.1, 0.15) is 38.2 Å².